The van der Waals surface area contributed by atoms with Gasteiger partial charge in [-0.25, -0.2) is 0 Å². The van der Waals surface area contributed by atoms with Crippen molar-refractivity contribution in [2.24, 2.45) is 0 Å². The minimum absolute atomic E-state index is 0.00639. The Kier molecular flexibility index (Phi) is 7.70. The Morgan fingerprint density at radius 2 is 0.724 bits per heavy atom. The fourth-order valence-electron chi connectivity index (χ4n) is 10.6. The van der Waals surface area contributed by atoms with Crippen LogP contribution < -0.4 is 4.90 Å². The van der Waals surface area contributed by atoms with Gasteiger partial charge in [0.05, 0.1) is 16.8 Å². The quantitative estimate of drug-likeness (QED) is 0.170. The van der Waals surface area contributed by atoms with Gasteiger partial charge < -0.3 is 4.90 Å². The summed E-state index contributed by atoms with van der Waals surface area (Å²) >= 11 is 0. The zero-order chi connectivity index (χ0) is 40.6. The third kappa shape index (κ3) is 5.01. The molecule has 0 aromatic heterocycles. The molecule has 0 radical (unpaired) electrons. The molecular weight excluding hydrogens is 699 g/mol. The summed E-state index contributed by atoms with van der Waals surface area (Å²) in [4.78, 5) is 2.54. The summed E-state index contributed by atoms with van der Waals surface area (Å²) in [5.41, 5.74) is 21.8. The van der Waals surface area contributed by atoms with Crippen molar-refractivity contribution < 1.29 is 0 Å². The van der Waals surface area contributed by atoms with Crippen molar-refractivity contribution in [3.63, 3.8) is 0 Å². The summed E-state index contributed by atoms with van der Waals surface area (Å²) in [6, 6.07) is 58.7. The van der Waals surface area contributed by atoms with Crippen molar-refractivity contribution in [3.05, 3.63) is 207 Å². The molecule has 58 heavy (non-hydrogen) atoms. The molecule has 0 N–H and O–H groups in total. The maximum absolute atomic E-state index is 2.57. The minimum atomic E-state index is -0.498. The van der Waals surface area contributed by atoms with E-state index in [1.807, 2.05) is 0 Å². The molecule has 3 aliphatic rings. The van der Waals surface area contributed by atoms with Gasteiger partial charge in [-0.15, -0.1) is 0 Å². The lowest BCUT2D eigenvalue weighted by atomic mass is 9.67. The molecule has 1 nitrogen and oxygen atoms in total. The number of anilines is 3. The summed E-state index contributed by atoms with van der Waals surface area (Å²) in [5, 5.41) is 0. The first-order valence-electron chi connectivity index (χ1n) is 21.2. The van der Waals surface area contributed by atoms with E-state index in [-0.39, 0.29) is 21.7 Å². The molecule has 7 aromatic rings. The largest absolute Gasteiger partial charge is 0.310 e. The highest BCUT2D eigenvalue weighted by Crippen LogP contribution is 2.65. The average molecular weight is 754 g/mol. The molecule has 1 heterocycles. The van der Waals surface area contributed by atoms with Crippen LogP contribution in [0.5, 0.6) is 0 Å². The Hall–Kier alpha value is -5.66. The van der Waals surface area contributed by atoms with Crippen molar-refractivity contribution in [3.8, 4) is 22.3 Å². The van der Waals surface area contributed by atoms with Crippen molar-refractivity contribution in [1.82, 2.24) is 0 Å². The van der Waals surface area contributed by atoms with Gasteiger partial charge in [0.15, 0.2) is 0 Å². The van der Waals surface area contributed by atoms with E-state index >= 15 is 0 Å². The lowest BCUT2D eigenvalue weighted by molar-refractivity contribution is 0.584. The molecule has 0 amide bonds. The standard InChI is InChI=1S/C57H55N/c1-53(2,3)37-24-28-41-42-29-25-38(54(4,5)6)33-48(42)57(47(41)32-37)49-34-39(55(7,8)9)26-30-43(49)44-31-27-40(35-50(44)57)58-51-22-16-14-20-45(51)56(10,36-18-12-11-13-19-36)46-21-15-17-23-52(46)58/h11-35H,1-10H3. The molecule has 0 fully saturated rings. The molecule has 1 heteroatoms. The number of para-hydroxylation sites is 2. The first-order valence-corrected chi connectivity index (χ1v) is 21.2. The van der Waals surface area contributed by atoms with E-state index in [0.29, 0.717) is 0 Å². The molecule has 1 spiro atoms. The Morgan fingerprint density at radius 3 is 1.14 bits per heavy atom. The van der Waals surface area contributed by atoms with E-state index in [1.54, 1.807) is 0 Å². The molecule has 0 atom stereocenters. The predicted molar refractivity (Wildman–Crippen MR) is 246 cm³/mol. The van der Waals surface area contributed by atoms with E-state index < -0.39 is 5.41 Å². The second kappa shape index (κ2) is 12.2. The fraction of sp³-hybridized carbons (Fsp3) is 0.263. The van der Waals surface area contributed by atoms with Crippen LogP contribution in [0.1, 0.15) is 125 Å². The van der Waals surface area contributed by atoms with Crippen molar-refractivity contribution in [1.29, 1.82) is 0 Å². The number of hydrogen-bond acceptors (Lipinski definition) is 1. The third-order valence-electron chi connectivity index (χ3n) is 13.8. The van der Waals surface area contributed by atoms with Crippen LogP contribution in [-0.2, 0) is 27.1 Å². The molecule has 2 aliphatic carbocycles. The van der Waals surface area contributed by atoms with Gasteiger partial charge in [-0.2, -0.15) is 0 Å². The van der Waals surface area contributed by atoms with Gasteiger partial charge in [0.1, 0.15) is 0 Å². The van der Waals surface area contributed by atoms with Crippen LogP contribution in [0.25, 0.3) is 22.3 Å². The van der Waals surface area contributed by atoms with Crippen LogP contribution in [0.3, 0.4) is 0 Å². The molecule has 7 aromatic carbocycles. The van der Waals surface area contributed by atoms with E-state index in [0.717, 1.165) is 0 Å². The van der Waals surface area contributed by atoms with E-state index in [1.165, 1.54) is 95.0 Å². The maximum Gasteiger partial charge on any atom is 0.0726 e. The molecule has 10 rings (SSSR count). The second-order valence-electron chi connectivity index (χ2n) is 20.4. The van der Waals surface area contributed by atoms with Gasteiger partial charge >= 0.3 is 0 Å². The van der Waals surface area contributed by atoms with Crippen LogP contribution in [-0.4, -0.2) is 0 Å². The normalized spacial score (nSPS) is 15.7. The van der Waals surface area contributed by atoms with Gasteiger partial charge in [-0.1, -0.05) is 190 Å². The van der Waals surface area contributed by atoms with Crippen LogP contribution in [0, 0.1) is 0 Å². The smallest absolute Gasteiger partial charge is 0.0726 e. The van der Waals surface area contributed by atoms with Gasteiger partial charge in [0, 0.05) is 11.1 Å². The molecule has 0 bridgehead atoms. The highest BCUT2D eigenvalue weighted by Gasteiger charge is 2.53. The Bertz CT molecular complexity index is 2650. The number of rotatable bonds is 2. The average Bonchev–Trinajstić information content (AvgIpc) is 3.66. The van der Waals surface area contributed by atoms with Gasteiger partial charge in [-0.3, -0.25) is 0 Å². The predicted octanol–water partition coefficient (Wildman–Crippen LogP) is 15.1. The highest BCUT2D eigenvalue weighted by molar-refractivity contribution is 5.97. The summed E-state index contributed by atoms with van der Waals surface area (Å²) in [5.74, 6) is 0. The summed E-state index contributed by atoms with van der Waals surface area (Å²) in [6.07, 6.45) is 0. The van der Waals surface area contributed by atoms with Gasteiger partial charge in [-0.05, 0) is 125 Å². The first kappa shape index (κ1) is 36.7. The van der Waals surface area contributed by atoms with E-state index in [4.69, 9.17) is 0 Å². The van der Waals surface area contributed by atoms with Crippen molar-refractivity contribution in [2.45, 2.75) is 96.3 Å². The third-order valence-corrected chi connectivity index (χ3v) is 13.8. The highest BCUT2D eigenvalue weighted by atomic mass is 15.2. The maximum atomic E-state index is 2.57. The van der Waals surface area contributed by atoms with Crippen LogP contribution >= 0.6 is 0 Å². The van der Waals surface area contributed by atoms with Crippen LogP contribution in [0.4, 0.5) is 17.1 Å². The van der Waals surface area contributed by atoms with Crippen LogP contribution in [0.2, 0.25) is 0 Å². The molecule has 1 aliphatic heterocycles. The van der Waals surface area contributed by atoms with Crippen molar-refractivity contribution >= 4 is 17.1 Å². The topological polar surface area (TPSA) is 3.24 Å². The van der Waals surface area contributed by atoms with Gasteiger partial charge in [0.25, 0.3) is 0 Å². The number of fused-ring (bicyclic) bond motifs is 12. The van der Waals surface area contributed by atoms with E-state index in [9.17, 15) is 0 Å². The second-order valence-corrected chi connectivity index (χ2v) is 20.4. The molecule has 0 saturated carbocycles. The lowest BCUT2D eigenvalue weighted by Gasteiger charge is -2.44. The number of hydrogen-bond donors (Lipinski definition) is 0. The SMILES string of the molecule is CC(C)(C)c1ccc2c(c1)C1(c3cc(N4c5ccccc5C(C)(c5ccccc5)c5ccccc54)ccc3-2)c2cc(C(C)(C)C)ccc2-c2ccc(C(C)(C)C)cc21. The van der Waals surface area contributed by atoms with Gasteiger partial charge in [0.2, 0.25) is 0 Å². The zero-order valence-electron chi connectivity index (χ0n) is 35.9. The molecule has 288 valence electrons. The Balaban J connectivity index is 1.31. The number of benzene rings is 7. The summed E-state index contributed by atoms with van der Waals surface area (Å²) < 4.78 is 0. The Morgan fingerprint density at radius 1 is 0.362 bits per heavy atom. The van der Waals surface area contributed by atoms with Crippen molar-refractivity contribution in [2.75, 3.05) is 4.90 Å². The Labute approximate surface area is 346 Å². The summed E-state index contributed by atoms with van der Waals surface area (Å²) in [7, 11) is 0. The molecular formula is C57H55N. The molecule has 0 saturated heterocycles. The van der Waals surface area contributed by atoms with Crippen LogP contribution in [0.15, 0.2) is 152 Å². The number of nitrogens with zero attached hydrogens (tertiary/aromatic N) is 1. The molecule has 0 unspecified atom stereocenters. The first-order chi connectivity index (χ1) is 27.5. The zero-order valence-corrected chi connectivity index (χ0v) is 35.9. The van der Waals surface area contributed by atoms with E-state index in [2.05, 4.69) is 226 Å². The fourth-order valence-corrected chi connectivity index (χ4v) is 10.6. The summed E-state index contributed by atoms with van der Waals surface area (Å²) in [6.45, 7) is 23.6. The lowest BCUT2D eigenvalue weighted by Crippen LogP contribution is -2.34. The minimum Gasteiger partial charge on any atom is -0.310 e. The monoisotopic (exact) mass is 753 g/mol.